The number of hydrogen-bond donors (Lipinski definition) is 1. The van der Waals surface area contributed by atoms with Crippen molar-refractivity contribution in [3.8, 4) is 0 Å². The molecule has 0 spiro atoms. The molecule has 1 rings (SSSR count). The fraction of sp³-hybridized carbons (Fsp3) is 0.500. The zero-order valence-electron chi connectivity index (χ0n) is 10.4. The highest BCUT2D eigenvalue weighted by atomic mass is 16.5. The fourth-order valence-electron chi connectivity index (χ4n) is 1.74. The van der Waals surface area contributed by atoms with Gasteiger partial charge in [-0.15, -0.1) is 0 Å². The number of esters is 1. The quantitative estimate of drug-likeness (QED) is 0.772. The van der Waals surface area contributed by atoms with Crippen molar-refractivity contribution < 1.29 is 14.6 Å². The molecule has 1 aromatic carbocycles. The van der Waals surface area contributed by atoms with Crippen LogP contribution in [0.25, 0.3) is 0 Å². The molecule has 3 heteroatoms. The third kappa shape index (κ3) is 4.19. The van der Waals surface area contributed by atoms with Crippen LogP contribution in [0.3, 0.4) is 0 Å². The third-order valence-corrected chi connectivity index (χ3v) is 2.96. The SMILES string of the molecule is CCC(CC)C(O)C(=O)OCc1ccccc1. The molecular weight excluding hydrogens is 216 g/mol. The van der Waals surface area contributed by atoms with E-state index in [-0.39, 0.29) is 12.5 Å². The summed E-state index contributed by atoms with van der Waals surface area (Å²) in [6.07, 6.45) is 0.546. The number of carbonyl (C=O) groups excluding carboxylic acids is 1. The maximum Gasteiger partial charge on any atom is 0.335 e. The molecule has 1 aromatic rings. The van der Waals surface area contributed by atoms with E-state index in [1.165, 1.54) is 0 Å². The Hall–Kier alpha value is -1.35. The second kappa shape index (κ2) is 7.07. The van der Waals surface area contributed by atoms with Crippen molar-refractivity contribution in [3.63, 3.8) is 0 Å². The molecule has 0 aliphatic heterocycles. The van der Waals surface area contributed by atoms with Gasteiger partial charge >= 0.3 is 5.97 Å². The molecule has 1 atom stereocenters. The highest BCUT2D eigenvalue weighted by molar-refractivity contribution is 5.74. The van der Waals surface area contributed by atoms with E-state index in [9.17, 15) is 9.90 Å². The summed E-state index contributed by atoms with van der Waals surface area (Å²) in [6, 6.07) is 9.46. The van der Waals surface area contributed by atoms with E-state index < -0.39 is 12.1 Å². The van der Waals surface area contributed by atoms with Crippen molar-refractivity contribution in [1.29, 1.82) is 0 Å². The summed E-state index contributed by atoms with van der Waals surface area (Å²) in [7, 11) is 0. The minimum absolute atomic E-state index is 0.0155. The smallest absolute Gasteiger partial charge is 0.335 e. The highest BCUT2D eigenvalue weighted by Crippen LogP contribution is 2.14. The van der Waals surface area contributed by atoms with Gasteiger partial charge in [0.05, 0.1) is 0 Å². The first-order valence-electron chi connectivity index (χ1n) is 6.07. The fourth-order valence-corrected chi connectivity index (χ4v) is 1.74. The Morgan fingerprint density at radius 2 is 1.82 bits per heavy atom. The van der Waals surface area contributed by atoms with Crippen molar-refractivity contribution in [2.75, 3.05) is 0 Å². The van der Waals surface area contributed by atoms with Crippen LogP contribution in [0, 0.1) is 5.92 Å². The van der Waals surface area contributed by atoms with E-state index >= 15 is 0 Å². The average Bonchev–Trinajstić information content (AvgIpc) is 2.38. The molecule has 1 N–H and O–H groups in total. The molecule has 94 valence electrons. The maximum absolute atomic E-state index is 11.6. The first-order valence-corrected chi connectivity index (χ1v) is 6.07. The number of hydrogen-bond acceptors (Lipinski definition) is 3. The molecule has 1 unspecified atom stereocenters. The van der Waals surface area contributed by atoms with Crippen LogP contribution in [0.15, 0.2) is 30.3 Å². The van der Waals surface area contributed by atoms with Gasteiger partial charge in [0.25, 0.3) is 0 Å². The van der Waals surface area contributed by atoms with Crippen LogP contribution in [0.2, 0.25) is 0 Å². The summed E-state index contributed by atoms with van der Waals surface area (Å²) < 4.78 is 5.09. The summed E-state index contributed by atoms with van der Waals surface area (Å²) in [5, 5.41) is 9.78. The second-order valence-electron chi connectivity index (χ2n) is 4.11. The molecular formula is C14H20O3. The molecule has 17 heavy (non-hydrogen) atoms. The van der Waals surface area contributed by atoms with Gasteiger partial charge in [-0.2, -0.15) is 0 Å². The summed E-state index contributed by atoms with van der Waals surface area (Å²) in [4.78, 5) is 11.6. The van der Waals surface area contributed by atoms with E-state index in [0.717, 1.165) is 18.4 Å². The molecule has 0 aromatic heterocycles. The Labute approximate surface area is 102 Å². The number of aliphatic hydroxyl groups is 1. The lowest BCUT2D eigenvalue weighted by Gasteiger charge is -2.18. The van der Waals surface area contributed by atoms with Crippen LogP contribution < -0.4 is 0 Å². The highest BCUT2D eigenvalue weighted by Gasteiger charge is 2.24. The number of aliphatic hydroxyl groups excluding tert-OH is 1. The van der Waals surface area contributed by atoms with E-state index in [1.54, 1.807) is 0 Å². The standard InChI is InChI=1S/C14H20O3/c1-3-12(4-2)13(15)14(16)17-10-11-8-6-5-7-9-11/h5-9,12-13,15H,3-4,10H2,1-2H3. The van der Waals surface area contributed by atoms with Gasteiger partial charge in [-0.3, -0.25) is 0 Å². The average molecular weight is 236 g/mol. The van der Waals surface area contributed by atoms with Crippen LogP contribution in [0.4, 0.5) is 0 Å². The number of ether oxygens (including phenoxy) is 1. The van der Waals surface area contributed by atoms with Crippen LogP contribution in [0.1, 0.15) is 32.3 Å². The summed E-state index contributed by atoms with van der Waals surface area (Å²) in [5.41, 5.74) is 0.928. The lowest BCUT2D eigenvalue weighted by atomic mass is 9.97. The minimum atomic E-state index is -1.01. The molecule has 0 saturated carbocycles. The number of rotatable bonds is 6. The van der Waals surface area contributed by atoms with Crippen molar-refractivity contribution >= 4 is 5.97 Å². The Bertz CT molecular complexity index is 331. The summed E-state index contributed by atoms with van der Waals surface area (Å²) >= 11 is 0. The normalized spacial score (nSPS) is 12.5. The molecule has 0 fully saturated rings. The minimum Gasteiger partial charge on any atom is -0.459 e. The van der Waals surface area contributed by atoms with Crippen LogP contribution in [-0.2, 0) is 16.1 Å². The monoisotopic (exact) mass is 236 g/mol. The van der Waals surface area contributed by atoms with E-state index in [0.29, 0.717) is 0 Å². The molecule has 0 aliphatic rings. The zero-order valence-corrected chi connectivity index (χ0v) is 10.4. The van der Waals surface area contributed by atoms with Gasteiger partial charge < -0.3 is 9.84 Å². The Morgan fingerprint density at radius 1 is 1.24 bits per heavy atom. The topological polar surface area (TPSA) is 46.5 Å². The van der Waals surface area contributed by atoms with Crippen LogP contribution >= 0.6 is 0 Å². The van der Waals surface area contributed by atoms with Crippen molar-refractivity contribution in [3.05, 3.63) is 35.9 Å². The molecule has 0 aliphatic carbocycles. The number of benzene rings is 1. The number of carbonyl (C=O) groups is 1. The molecule has 3 nitrogen and oxygen atoms in total. The first-order chi connectivity index (χ1) is 8.19. The van der Waals surface area contributed by atoms with E-state index in [2.05, 4.69) is 0 Å². The van der Waals surface area contributed by atoms with Gasteiger partial charge in [0, 0.05) is 0 Å². The van der Waals surface area contributed by atoms with Crippen molar-refractivity contribution in [1.82, 2.24) is 0 Å². The van der Waals surface area contributed by atoms with Crippen molar-refractivity contribution in [2.24, 2.45) is 5.92 Å². The Morgan fingerprint density at radius 3 is 2.35 bits per heavy atom. The largest absolute Gasteiger partial charge is 0.459 e. The lowest BCUT2D eigenvalue weighted by Crippen LogP contribution is -2.30. The van der Waals surface area contributed by atoms with Gasteiger partial charge in [-0.05, 0) is 11.5 Å². The van der Waals surface area contributed by atoms with Crippen molar-refractivity contribution in [2.45, 2.75) is 39.4 Å². The van der Waals surface area contributed by atoms with Gasteiger partial charge in [0.15, 0.2) is 6.10 Å². The van der Waals surface area contributed by atoms with Crippen LogP contribution in [0.5, 0.6) is 0 Å². The van der Waals surface area contributed by atoms with E-state index in [1.807, 2.05) is 44.2 Å². The Kier molecular flexibility index (Phi) is 5.70. The molecule has 0 bridgehead atoms. The molecule has 0 amide bonds. The third-order valence-electron chi connectivity index (χ3n) is 2.96. The molecule has 0 heterocycles. The zero-order chi connectivity index (χ0) is 12.7. The second-order valence-corrected chi connectivity index (χ2v) is 4.11. The maximum atomic E-state index is 11.6. The van der Waals surface area contributed by atoms with Gasteiger partial charge in [0.1, 0.15) is 6.61 Å². The lowest BCUT2D eigenvalue weighted by molar-refractivity contribution is -0.158. The summed E-state index contributed by atoms with van der Waals surface area (Å²) in [5.74, 6) is -0.541. The van der Waals surface area contributed by atoms with Gasteiger partial charge in [-0.25, -0.2) is 4.79 Å². The first kappa shape index (κ1) is 13.7. The van der Waals surface area contributed by atoms with Crippen LogP contribution in [-0.4, -0.2) is 17.2 Å². The van der Waals surface area contributed by atoms with E-state index in [4.69, 9.17) is 4.74 Å². The molecule has 0 radical (unpaired) electrons. The predicted molar refractivity (Wildman–Crippen MR) is 66.3 cm³/mol. The predicted octanol–water partition coefficient (Wildman–Crippen LogP) is 2.53. The summed E-state index contributed by atoms with van der Waals surface area (Å²) in [6.45, 7) is 4.14. The molecule has 0 saturated heterocycles. The van der Waals surface area contributed by atoms with Gasteiger partial charge in [0.2, 0.25) is 0 Å². The Balaban J connectivity index is 2.44. The van der Waals surface area contributed by atoms with Gasteiger partial charge in [-0.1, -0.05) is 57.0 Å².